The molecule has 1 aromatic carbocycles. The molecule has 0 amide bonds. The average Bonchev–Trinajstić information content (AvgIpc) is 2.80. The second-order valence-corrected chi connectivity index (χ2v) is 6.03. The minimum absolute atomic E-state index is 0.0732. The molecule has 1 saturated heterocycles. The van der Waals surface area contributed by atoms with Gasteiger partial charge in [0.15, 0.2) is 11.5 Å². The van der Waals surface area contributed by atoms with E-state index in [0.29, 0.717) is 12.4 Å². The average molecular weight is 289 g/mol. The minimum Gasteiger partial charge on any atom is -0.504 e. The van der Waals surface area contributed by atoms with E-state index in [1.165, 1.54) is 5.70 Å². The molecule has 0 saturated carbocycles. The number of aliphatic hydroxyl groups excluding tert-OH is 1. The van der Waals surface area contributed by atoms with Crippen molar-refractivity contribution in [1.29, 1.82) is 0 Å². The van der Waals surface area contributed by atoms with Crippen LogP contribution in [0.1, 0.15) is 31.7 Å². The molecule has 21 heavy (non-hydrogen) atoms. The highest BCUT2D eigenvalue weighted by Crippen LogP contribution is 2.50. The summed E-state index contributed by atoms with van der Waals surface area (Å²) in [6.07, 6.45) is 4.33. The first kappa shape index (κ1) is 14.3. The minimum atomic E-state index is -0.357. The molecule has 1 aliphatic carbocycles. The standard InChI is InChI=1S/C17H23NO3/c1-3-21-15-5-4-12(10-14(15)20)17-7-6-13(19)11-16(17)18(2)9-8-17/h4-5,10-11,13,19-20H,3,6-9H2,1-2H3/t13-,17+/m1/s1. The summed E-state index contributed by atoms with van der Waals surface area (Å²) >= 11 is 0. The summed E-state index contributed by atoms with van der Waals surface area (Å²) in [6, 6.07) is 5.73. The van der Waals surface area contributed by atoms with Crippen LogP contribution in [0, 0.1) is 0 Å². The van der Waals surface area contributed by atoms with Gasteiger partial charge in [0, 0.05) is 24.7 Å². The van der Waals surface area contributed by atoms with Crippen molar-refractivity contribution in [3.05, 3.63) is 35.5 Å². The zero-order valence-electron chi connectivity index (χ0n) is 12.7. The van der Waals surface area contributed by atoms with Crippen molar-refractivity contribution in [3.8, 4) is 11.5 Å². The van der Waals surface area contributed by atoms with E-state index >= 15 is 0 Å². The Kier molecular flexibility index (Phi) is 3.57. The smallest absolute Gasteiger partial charge is 0.160 e. The maximum Gasteiger partial charge on any atom is 0.160 e. The molecule has 2 atom stereocenters. The summed E-state index contributed by atoms with van der Waals surface area (Å²) in [5.74, 6) is 0.731. The molecule has 4 heteroatoms. The number of hydrogen-bond donors (Lipinski definition) is 2. The van der Waals surface area contributed by atoms with E-state index in [0.717, 1.165) is 31.4 Å². The summed E-state index contributed by atoms with van der Waals surface area (Å²) in [5, 5.41) is 20.1. The molecule has 1 heterocycles. The summed E-state index contributed by atoms with van der Waals surface area (Å²) in [5.41, 5.74) is 2.23. The fourth-order valence-electron chi connectivity index (χ4n) is 3.70. The highest BCUT2D eigenvalue weighted by molar-refractivity contribution is 5.49. The molecule has 2 aliphatic rings. The van der Waals surface area contributed by atoms with Crippen molar-refractivity contribution in [1.82, 2.24) is 4.90 Å². The van der Waals surface area contributed by atoms with Crippen LogP contribution in [0.4, 0.5) is 0 Å². The van der Waals surface area contributed by atoms with Crippen LogP contribution in [-0.4, -0.2) is 41.4 Å². The van der Waals surface area contributed by atoms with Gasteiger partial charge in [-0.3, -0.25) is 0 Å². The van der Waals surface area contributed by atoms with Gasteiger partial charge in [0.1, 0.15) is 0 Å². The van der Waals surface area contributed by atoms with E-state index in [1.807, 2.05) is 25.1 Å². The number of aliphatic hydroxyl groups is 1. The molecular weight excluding hydrogens is 266 g/mol. The Morgan fingerprint density at radius 2 is 2.19 bits per heavy atom. The Labute approximate surface area is 125 Å². The van der Waals surface area contributed by atoms with Crippen LogP contribution in [0.15, 0.2) is 30.0 Å². The number of fused-ring (bicyclic) bond motifs is 1. The van der Waals surface area contributed by atoms with Gasteiger partial charge < -0.3 is 19.8 Å². The molecule has 114 valence electrons. The molecule has 0 bridgehead atoms. The number of hydrogen-bond acceptors (Lipinski definition) is 4. The summed E-state index contributed by atoms with van der Waals surface area (Å²) in [6.45, 7) is 3.42. The maximum absolute atomic E-state index is 10.2. The molecule has 0 aromatic heterocycles. The van der Waals surface area contributed by atoms with Crippen LogP contribution in [0.25, 0.3) is 0 Å². The van der Waals surface area contributed by atoms with Gasteiger partial charge in [0.05, 0.1) is 12.7 Å². The quantitative estimate of drug-likeness (QED) is 0.897. The number of nitrogens with zero attached hydrogens (tertiary/aromatic N) is 1. The molecule has 1 aromatic rings. The van der Waals surface area contributed by atoms with Crippen molar-refractivity contribution in [3.63, 3.8) is 0 Å². The third kappa shape index (κ3) is 2.27. The fourth-order valence-corrected chi connectivity index (χ4v) is 3.70. The number of likely N-dealkylation sites (tertiary alicyclic amines) is 1. The molecule has 2 N–H and O–H groups in total. The third-order valence-corrected chi connectivity index (χ3v) is 4.80. The van der Waals surface area contributed by atoms with Crippen molar-refractivity contribution in [2.75, 3.05) is 20.2 Å². The molecule has 0 spiro atoms. The van der Waals surface area contributed by atoms with Crippen molar-refractivity contribution < 1.29 is 14.9 Å². The predicted octanol–water partition coefficient (Wildman–Crippen LogP) is 2.40. The molecular formula is C17H23NO3. The Bertz CT molecular complexity index is 569. The van der Waals surface area contributed by atoms with Gasteiger partial charge in [-0.05, 0) is 50.0 Å². The number of allylic oxidation sites excluding steroid dienone is 1. The molecule has 4 nitrogen and oxygen atoms in total. The fraction of sp³-hybridized carbons (Fsp3) is 0.529. The van der Waals surface area contributed by atoms with E-state index in [2.05, 4.69) is 18.0 Å². The normalized spacial score (nSPS) is 28.2. The Morgan fingerprint density at radius 3 is 2.90 bits per heavy atom. The summed E-state index contributed by atoms with van der Waals surface area (Å²) < 4.78 is 5.41. The highest BCUT2D eigenvalue weighted by atomic mass is 16.5. The lowest BCUT2D eigenvalue weighted by molar-refractivity contribution is 0.181. The summed E-state index contributed by atoms with van der Waals surface area (Å²) in [7, 11) is 2.07. The number of aromatic hydroxyl groups is 1. The maximum atomic E-state index is 10.2. The topological polar surface area (TPSA) is 52.9 Å². The van der Waals surface area contributed by atoms with E-state index < -0.39 is 0 Å². The van der Waals surface area contributed by atoms with Crippen LogP contribution < -0.4 is 4.74 Å². The second-order valence-electron chi connectivity index (χ2n) is 6.03. The first-order chi connectivity index (χ1) is 10.1. The molecule has 0 radical (unpaired) electrons. The zero-order valence-corrected chi connectivity index (χ0v) is 12.7. The molecule has 1 aliphatic heterocycles. The molecule has 3 rings (SSSR count). The van der Waals surface area contributed by atoms with Crippen LogP contribution in [0.2, 0.25) is 0 Å². The monoisotopic (exact) mass is 289 g/mol. The number of benzene rings is 1. The van der Waals surface area contributed by atoms with Crippen LogP contribution in [-0.2, 0) is 5.41 Å². The number of phenolic OH excluding ortho intramolecular Hbond substituents is 1. The Hall–Kier alpha value is -1.68. The van der Waals surface area contributed by atoms with Crippen LogP contribution in [0.5, 0.6) is 11.5 Å². The van der Waals surface area contributed by atoms with Crippen LogP contribution >= 0.6 is 0 Å². The molecule has 0 unspecified atom stereocenters. The van der Waals surface area contributed by atoms with E-state index in [4.69, 9.17) is 4.74 Å². The van der Waals surface area contributed by atoms with Crippen molar-refractivity contribution in [2.45, 2.75) is 37.7 Å². The van der Waals surface area contributed by atoms with Gasteiger partial charge >= 0.3 is 0 Å². The lowest BCUT2D eigenvalue weighted by Gasteiger charge is -2.37. The SMILES string of the molecule is CCOc1ccc([C@@]23CC[C@@H](O)C=C2N(C)CC3)cc1O. The third-order valence-electron chi connectivity index (χ3n) is 4.80. The number of phenols is 1. The Balaban J connectivity index is 2.02. The first-order valence-electron chi connectivity index (χ1n) is 7.64. The van der Waals surface area contributed by atoms with Gasteiger partial charge in [0.25, 0.3) is 0 Å². The number of ether oxygens (including phenoxy) is 1. The number of rotatable bonds is 3. The van der Waals surface area contributed by atoms with Gasteiger partial charge in [-0.25, -0.2) is 0 Å². The second kappa shape index (κ2) is 5.26. The van der Waals surface area contributed by atoms with Crippen LogP contribution in [0.3, 0.4) is 0 Å². The molecule has 1 fully saturated rings. The lowest BCUT2D eigenvalue weighted by Crippen LogP contribution is -2.33. The predicted molar refractivity (Wildman–Crippen MR) is 81.5 cm³/mol. The largest absolute Gasteiger partial charge is 0.504 e. The summed E-state index contributed by atoms with van der Waals surface area (Å²) in [4.78, 5) is 2.22. The highest BCUT2D eigenvalue weighted by Gasteiger charge is 2.45. The van der Waals surface area contributed by atoms with Gasteiger partial charge in [-0.2, -0.15) is 0 Å². The van der Waals surface area contributed by atoms with Gasteiger partial charge in [-0.15, -0.1) is 0 Å². The number of likely N-dealkylation sites (N-methyl/N-ethyl adjacent to an activating group) is 1. The van der Waals surface area contributed by atoms with E-state index in [-0.39, 0.29) is 17.3 Å². The van der Waals surface area contributed by atoms with E-state index in [9.17, 15) is 10.2 Å². The van der Waals surface area contributed by atoms with Crippen molar-refractivity contribution >= 4 is 0 Å². The van der Waals surface area contributed by atoms with Crippen molar-refractivity contribution in [2.24, 2.45) is 0 Å². The lowest BCUT2D eigenvalue weighted by atomic mass is 9.70. The Morgan fingerprint density at radius 1 is 1.38 bits per heavy atom. The van der Waals surface area contributed by atoms with E-state index in [1.54, 1.807) is 0 Å². The first-order valence-corrected chi connectivity index (χ1v) is 7.64. The van der Waals surface area contributed by atoms with Gasteiger partial charge in [-0.1, -0.05) is 6.07 Å². The zero-order chi connectivity index (χ0) is 15.0. The van der Waals surface area contributed by atoms with Gasteiger partial charge in [0.2, 0.25) is 0 Å².